The molecule has 16 nitrogen and oxygen atoms in total. The number of hydrogen-bond acceptors (Lipinski definition) is 9. The van der Waals surface area contributed by atoms with E-state index >= 15 is 0 Å². The summed E-state index contributed by atoms with van der Waals surface area (Å²) in [6, 6.07) is 8.18. The van der Waals surface area contributed by atoms with E-state index in [1.54, 1.807) is 81.6 Å². The number of fused-ring (bicyclic) bond motifs is 1. The second-order valence-corrected chi connectivity index (χ2v) is 14.2. The first-order valence-corrected chi connectivity index (χ1v) is 18.5. The number of primary amides is 1. The highest BCUT2D eigenvalue weighted by Gasteiger charge is 2.32. The van der Waals surface area contributed by atoms with E-state index in [2.05, 4.69) is 31.6 Å². The lowest BCUT2D eigenvalue weighted by Crippen LogP contribution is -2.59. The van der Waals surface area contributed by atoms with Gasteiger partial charge >= 0.3 is 12.1 Å². The predicted molar refractivity (Wildman–Crippen MR) is 203 cm³/mol. The molecule has 0 aliphatic carbocycles. The summed E-state index contributed by atoms with van der Waals surface area (Å²) in [5.74, 6) is -6.25. The Labute approximate surface area is 320 Å². The van der Waals surface area contributed by atoms with Gasteiger partial charge in [-0.05, 0) is 56.4 Å². The van der Waals surface area contributed by atoms with Crippen LogP contribution in [-0.4, -0.2) is 100.0 Å². The number of hydrogen-bond donors (Lipinski definition) is 8. The maximum atomic E-state index is 14.1. The number of para-hydroxylation sites is 1. The number of aliphatic carboxylic acids is 1. The first kappa shape index (κ1) is 39.6. The number of carboxylic acid groups (broad SMARTS) is 1. The van der Waals surface area contributed by atoms with Gasteiger partial charge in [-0.3, -0.25) is 28.8 Å². The molecule has 0 spiro atoms. The largest absolute Gasteiger partial charge is 0.481 e. The first-order chi connectivity index (χ1) is 26.3. The smallest absolute Gasteiger partial charge is 0.407 e. The molecule has 3 aromatic rings. The summed E-state index contributed by atoms with van der Waals surface area (Å²) < 4.78 is 23.6. The van der Waals surface area contributed by atoms with Crippen LogP contribution in [0.25, 0.3) is 10.9 Å². The van der Waals surface area contributed by atoms with Crippen LogP contribution in [0.5, 0.6) is 0 Å². The van der Waals surface area contributed by atoms with Gasteiger partial charge in [-0.15, -0.1) is 0 Å². The van der Waals surface area contributed by atoms with E-state index in [9.17, 15) is 40.0 Å². The van der Waals surface area contributed by atoms with Crippen molar-refractivity contribution < 1.29 is 46.1 Å². The Hall–Kier alpha value is -5.58. The third-order valence-electron chi connectivity index (χ3n) is 7.65. The van der Waals surface area contributed by atoms with Gasteiger partial charge in [-0.2, -0.15) is 11.8 Å². The topological polar surface area (TPSA) is 251 Å². The zero-order valence-electron chi connectivity index (χ0n) is 32.5. The molecule has 1 heterocycles. The third kappa shape index (κ3) is 14.4. The molecule has 0 aliphatic heterocycles. The lowest BCUT2D eigenvalue weighted by molar-refractivity contribution is -0.141. The van der Waals surface area contributed by atoms with E-state index in [1.165, 1.54) is 18.0 Å². The number of carbonyl (C=O) groups is 7. The first-order valence-electron chi connectivity index (χ1n) is 18.1. The average Bonchev–Trinajstić information content (AvgIpc) is 3.55. The molecule has 9 N–H and O–H groups in total. The van der Waals surface area contributed by atoms with Gasteiger partial charge in [0.1, 0.15) is 29.7 Å². The van der Waals surface area contributed by atoms with Crippen molar-refractivity contribution in [1.82, 2.24) is 31.6 Å². The van der Waals surface area contributed by atoms with E-state index in [1.807, 2.05) is 0 Å². The van der Waals surface area contributed by atoms with Crippen LogP contribution in [0.2, 0.25) is 0 Å². The monoisotopic (exact) mass is 769 g/mol. The summed E-state index contributed by atoms with van der Waals surface area (Å²) in [4.78, 5) is 93.6. The molecule has 0 aliphatic rings. The van der Waals surface area contributed by atoms with E-state index in [0.717, 1.165) is 0 Å². The standard InChI is InChI=1S/C37H49N7O9S/c1-37(2,3)53-36(52)39-16-14-30(45)41-28(19-23-21-40-25-13-9-8-12-24(23)25)34(50)42-26(15-17-54-4)33(49)44-29(20-31(46)47)35(51)43-27(32(38)48)18-22-10-6-5-7-11-22/h5-13,21,26-29,40H,14-20H2,1-4H3,(H2,38,48)(H,39,52)(H,41,45)(H,42,50)(H,43,51)(H,44,49)(H,46,47)/t26-,27-,28-,29-/m0/s1/i19D,28D/t19?,26-,27-,28-,29-. The number of thioether (sulfide) groups is 1. The zero-order valence-corrected chi connectivity index (χ0v) is 31.3. The second-order valence-electron chi connectivity index (χ2n) is 13.2. The van der Waals surface area contributed by atoms with Crippen LogP contribution in [0.15, 0.2) is 60.8 Å². The quantitative estimate of drug-likeness (QED) is 0.0823. The fourth-order valence-corrected chi connectivity index (χ4v) is 5.55. The Balaban J connectivity index is 1.88. The molecule has 5 atom stereocenters. The van der Waals surface area contributed by atoms with Crippen LogP contribution >= 0.6 is 11.8 Å². The molecular weight excluding hydrogens is 719 g/mol. The van der Waals surface area contributed by atoms with Crippen LogP contribution in [0.1, 0.15) is 53.9 Å². The molecule has 6 amide bonds. The Kier molecular flexibility index (Phi) is 15.1. The van der Waals surface area contributed by atoms with Gasteiger partial charge in [0.2, 0.25) is 29.5 Å². The Morgan fingerprint density at radius 3 is 2.19 bits per heavy atom. The SMILES string of the molecule is [2H]C(c1c[nH]c2ccccc12)[C@]([2H])(NC(=O)CCNC(=O)OC(C)(C)C)C(=O)N[C@@H](CCSC)C(=O)N[C@@H](CC(=O)O)C(=O)N[C@@H](Cc1ccccc1)C(N)=O. The minimum Gasteiger partial charge on any atom is -0.481 e. The van der Waals surface area contributed by atoms with Gasteiger partial charge in [0.05, 0.1) is 7.79 Å². The number of aromatic amines is 1. The number of aromatic nitrogens is 1. The molecule has 2 aromatic carbocycles. The molecule has 292 valence electrons. The summed E-state index contributed by atoms with van der Waals surface area (Å²) in [5, 5.41) is 22.0. The molecule has 3 rings (SSSR count). The molecule has 0 radical (unpaired) electrons. The number of ether oxygens (including phenoxy) is 1. The maximum Gasteiger partial charge on any atom is 0.407 e. The van der Waals surface area contributed by atoms with Crippen molar-refractivity contribution >= 4 is 64.3 Å². The number of amides is 6. The molecule has 1 aromatic heterocycles. The van der Waals surface area contributed by atoms with Crippen LogP contribution in [0.3, 0.4) is 0 Å². The molecule has 0 saturated heterocycles. The van der Waals surface area contributed by atoms with Crippen LogP contribution in [0, 0.1) is 0 Å². The average molecular weight is 770 g/mol. The normalized spacial score (nSPS) is 15.1. The van der Waals surface area contributed by atoms with Crippen molar-refractivity contribution in [3.05, 3.63) is 71.9 Å². The van der Waals surface area contributed by atoms with Gasteiger partial charge < -0.3 is 47.1 Å². The minimum atomic E-state index is -2.77. The minimum absolute atomic E-state index is 0.0128. The van der Waals surface area contributed by atoms with Crippen LogP contribution < -0.4 is 32.3 Å². The second kappa shape index (κ2) is 20.6. The zero-order chi connectivity index (χ0) is 41.6. The fourth-order valence-electron chi connectivity index (χ4n) is 5.07. The van der Waals surface area contributed by atoms with Gasteiger partial charge in [0, 0.05) is 44.3 Å². The van der Waals surface area contributed by atoms with Crippen molar-refractivity contribution in [2.45, 2.75) is 82.6 Å². The van der Waals surface area contributed by atoms with Crippen molar-refractivity contribution in [3.63, 3.8) is 0 Å². The van der Waals surface area contributed by atoms with Gasteiger partial charge in [-0.1, -0.05) is 48.5 Å². The van der Waals surface area contributed by atoms with E-state index in [4.69, 9.17) is 11.8 Å². The summed E-state index contributed by atoms with van der Waals surface area (Å²) in [5.41, 5.74) is 6.15. The fraction of sp³-hybridized carbons (Fsp3) is 0.432. The Morgan fingerprint density at radius 1 is 0.907 bits per heavy atom. The summed E-state index contributed by atoms with van der Waals surface area (Å²) in [6.07, 6.45) is -0.804. The molecule has 1 unspecified atom stereocenters. The summed E-state index contributed by atoms with van der Waals surface area (Å²) in [6.45, 7) is 4.74. The number of nitrogens with two attached hydrogens (primary N) is 1. The summed E-state index contributed by atoms with van der Waals surface area (Å²) in [7, 11) is 0. The van der Waals surface area contributed by atoms with Gasteiger partial charge in [0.25, 0.3) is 0 Å². The van der Waals surface area contributed by atoms with Crippen molar-refractivity contribution in [1.29, 1.82) is 0 Å². The Bertz CT molecular complexity index is 1870. The highest BCUT2D eigenvalue weighted by Crippen LogP contribution is 2.19. The van der Waals surface area contributed by atoms with Crippen LogP contribution in [0.4, 0.5) is 4.79 Å². The predicted octanol–water partition coefficient (Wildman–Crippen LogP) is 1.52. The van der Waals surface area contributed by atoms with Gasteiger partial charge in [-0.25, -0.2) is 4.79 Å². The molecule has 0 fully saturated rings. The molecule has 0 saturated carbocycles. The number of rotatable bonds is 20. The highest BCUT2D eigenvalue weighted by atomic mass is 32.2. The number of H-pyrrole nitrogens is 1. The number of carboxylic acids is 1. The molecule has 17 heteroatoms. The number of carbonyl (C=O) groups excluding carboxylic acids is 6. The van der Waals surface area contributed by atoms with E-state index in [-0.39, 0.29) is 30.7 Å². The van der Waals surface area contributed by atoms with E-state index in [0.29, 0.717) is 16.5 Å². The lowest BCUT2D eigenvalue weighted by atomic mass is 10.0. The van der Waals surface area contributed by atoms with Crippen molar-refractivity contribution in [2.24, 2.45) is 5.73 Å². The van der Waals surface area contributed by atoms with Gasteiger partial charge in [0.15, 0.2) is 0 Å². The number of nitrogens with one attached hydrogen (secondary N) is 6. The van der Waals surface area contributed by atoms with Crippen LogP contribution in [-0.2, 0) is 46.3 Å². The van der Waals surface area contributed by atoms with Crippen molar-refractivity contribution in [2.75, 3.05) is 18.6 Å². The van der Waals surface area contributed by atoms with E-state index < -0.39 is 90.6 Å². The van der Waals surface area contributed by atoms with Crippen molar-refractivity contribution in [3.8, 4) is 0 Å². The third-order valence-corrected chi connectivity index (χ3v) is 8.29. The maximum absolute atomic E-state index is 14.1. The summed E-state index contributed by atoms with van der Waals surface area (Å²) >= 11 is 1.30. The number of alkyl carbamates (subject to hydrolysis) is 1. The highest BCUT2D eigenvalue weighted by molar-refractivity contribution is 7.98. The molecule has 0 bridgehead atoms. The Morgan fingerprint density at radius 2 is 1.54 bits per heavy atom. The number of benzene rings is 2. The molecule has 54 heavy (non-hydrogen) atoms. The lowest BCUT2D eigenvalue weighted by Gasteiger charge is -2.26. The molecular formula is C37H49N7O9S.